The SMILES string of the molecule is CN=C(NCCCOCC(C)C)NCCC(=O)OC(C)C.I. The van der Waals surface area contributed by atoms with E-state index in [0.717, 1.165) is 26.2 Å². The number of ether oxygens (including phenoxy) is 2. The van der Waals surface area contributed by atoms with E-state index in [2.05, 4.69) is 29.5 Å². The Hall–Kier alpha value is -0.570. The number of rotatable bonds is 10. The number of carbonyl (C=O) groups is 1. The summed E-state index contributed by atoms with van der Waals surface area (Å²) in [4.78, 5) is 15.5. The number of esters is 1. The Labute approximate surface area is 151 Å². The minimum absolute atomic E-state index is 0. The average molecular weight is 429 g/mol. The van der Waals surface area contributed by atoms with E-state index in [1.54, 1.807) is 7.05 Å². The van der Waals surface area contributed by atoms with Gasteiger partial charge >= 0.3 is 5.97 Å². The van der Waals surface area contributed by atoms with Gasteiger partial charge in [-0.25, -0.2) is 0 Å². The average Bonchev–Trinajstić information content (AvgIpc) is 2.39. The van der Waals surface area contributed by atoms with E-state index in [-0.39, 0.29) is 36.0 Å². The van der Waals surface area contributed by atoms with Gasteiger partial charge in [0.25, 0.3) is 0 Å². The van der Waals surface area contributed by atoms with E-state index in [1.807, 2.05) is 13.8 Å². The molecule has 0 aliphatic heterocycles. The van der Waals surface area contributed by atoms with Crippen LogP contribution in [0.3, 0.4) is 0 Å². The van der Waals surface area contributed by atoms with Gasteiger partial charge in [-0.2, -0.15) is 0 Å². The molecule has 0 aliphatic rings. The lowest BCUT2D eigenvalue weighted by Crippen LogP contribution is -2.39. The summed E-state index contributed by atoms with van der Waals surface area (Å²) in [7, 11) is 1.71. The van der Waals surface area contributed by atoms with Crippen molar-refractivity contribution in [1.29, 1.82) is 0 Å². The van der Waals surface area contributed by atoms with Gasteiger partial charge in [0.1, 0.15) is 0 Å². The fraction of sp³-hybridized carbons (Fsp3) is 0.867. The Morgan fingerprint density at radius 1 is 1.14 bits per heavy atom. The van der Waals surface area contributed by atoms with Crippen molar-refractivity contribution in [3.8, 4) is 0 Å². The van der Waals surface area contributed by atoms with E-state index in [9.17, 15) is 4.79 Å². The highest BCUT2D eigenvalue weighted by molar-refractivity contribution is 14.0. The molecule has 6 nitrogen and oxygen atoms in total. The van der Waals surface area contributed by atoms with Crippen molar-refractivity contribution in [2.75, 3.05) is 33.4 Å². The van der Waals surface area contributed by atoms with Crippen LogP contribution in [-0.4, -0.2) is 51.4 Å². The van der Waals surface area contributed by atoms with Gasteiger partial charge in [0.05, 0.1) is 12.5 Å². The summed E-state index contributed by atoms with van der Waals surface area (Å²) in [5.74, 6) is 1.06. The van der Waals surface area contributed by atoms with Crippen molar-refractivity contribution >= 4 is 35.9 Å². The molecule has 0 radical (unpaired) electrons. The number of halogens is 1. The first-order valence-electron chi connectivity index (χ1n) is 7.67. The number of nitrogens with zero attached hydrogens (tertiary/aromatic N) is 1. The fourth-order valence-corrected chi connectivity index (χ4v) is 1.53. The van der Waals surface area contributed by atoms with Gasteiger partial charge in [0.15, 0.2) is 5.96 Å². The van der Waals surface area contributed by atoms with Crippen LogP contribution in [0.4, 0.5) is 0 Å². The largest absolute Gasteiger partial charge is 0.463 e. The quantitative estimate of drug-likeness (QED) is 0.183. The molecule has 7 heteroatoms. The number of carbonyl (C=O) groups excluding carboxylic acids is 1. The van der Waals surface area contributed by atoms with Crippen LogP contribution >= 0.6 is 24.0 Å². The lowest BCUT2D eigenvalue weighted by Gasteiger charge is -2.12. The number of hydrogen-bond donors (Lipinski definition) is 2. The first-order valence-corrected chi connectivity index (χ1v) is 7.67. The second-order valence-corrected chi connectivity index (χ2v) is 5.54. The van der Waals surface area contributed by atoms with E-state index < -0.39 is 0 Å². The fourth-order valence-electron chi connectivity index (χ4n) is 1.53. The van der Waals surface area contributed by atoms with E-state index >= 15 is 0 Å². The maximum Gasteiger partial charge on any atom is 0.307 e. The number of nitrogens with one attached hydrogen (secondary N) is 2. The molecule has 0 aromatic carbocycles. The van der Waals surface area contributed by atoms with Crippen molar-refractivity contribution < 1.29 is 14.3 Å². The maximum absolute atomic E-state index is 11.4. The Balaban J connectivity index is 0. The molecular formula is C15H32IN3O3. The summed E-state index contributed by atoms with van der Waals surface area (Å²) in [5, 5.41) is 6.26. The lowest BCUT2D eigenvalue weighted by atomic mass is 10.2. The molecule has 0 spiro atoms. The first-order chi connectivity index (χ1) is 9.95. The van der Waals surface area contributed by atoms with Gasteiger partial charge in [0, 0.05) is 33.4 Å². The smallest absolute Gasteiger partial charge is 0.307 e. The van der Waals surface area contributed by atoms with Crippen molar-refractivity contribution in [2.24, 2.45) is 10.9 Å². The van der Waals surface area contributed by atoms with Crippen molar-refractivity contribution in [3.63, 3.8) is 0 Å². The molecule has 0 fully saturated rings. The van der Waals surface area contributed by atoms with Crippen LogP contribution < -0.4 is 10.6 Å². The summed E-state index contributed by atoms with van der Waals surface area (Å²) < 4.78 is 10.6. The zero-order chi connectivity index (χ0) is 16.1. The molecule has 0 aliphatic carbocycles. The predicted molar refractivity (Wildman–Crippen MR) is 101 cm³/mol. The van der Waals surface area contributed by atoms with Crippen LogP contribution in [0.25, 0.3) is 0 Å². The molecule has 0 aromatic rings. The Bertz CT molecular complexity index is 310. The Morgan fingerprint density at radius 2 is 1.77 bits per heavy atom. The summed E-state index contributed by atoms with van der Waals surface area (Å²) in [6.45, 7) is 10.8. The summed E-state index contributed by atoms with van der Waals surface area (Å²) in [6, 6.07) is 0. The van der Waals surface area contributed by atoms with Gasteiger partial charge in [-0.05, 0) is 26.2 Å². The number of guanidine groups is 1. The summed E-state index contributed by atoms with van der Waals surface area (Å²) in [5.41, 5.74) is 0. The third-order valence-corrected chi connectivity index (χ3v) is 2.42. The normalized spacial score (nSPS) is 11.3. The lowest BCUT2D eigenvalue weighted by molar-refractivity contribution is -0.147. The first kappa shape index (κ1) is 23.7. The molecule has 0 saturated heterocycles. The van der Waals surface area contributed by atoms with Gasteiger partial charge in [0.2, 0.25) is 0 Å². The molecule has 0 amide bonds. The van der Waals surface area contributed by atoms with Gasteiger partial charge in [-0.15, -0.1) is 24.0 Å². The summed E-state index contributed by atoms with van der Waals surface area (Å²) >= 11 is 0. The van der Waals surface area contributed by atoms with E-state index in [1.165, 1.54) is 0 Å². The molecule has 0 heterocycles. The highest BCUT2D eigenvalue weighted by Gasteiger charge is 2.05. The maximum atomic E-state index is 11.4. The highest BCUT2D eigenvalue weighted by atomic mass is 127. The number of aliphatic imine (C=N–C) groups is 1. The third-order valence-electron chi connectivity index (χ3n) is 2.42. The Kier molecular flexibility index (Phi) is 16.5. The molecule has 0 unspecified atom stereocenters. The minimum Gasteiger partial charge on any atom is -0.463 e. The monoisotopic (exact) mass is 429 g/mol. The van der Waals surface area contributed by atoms with Crippen LogP contribution in [0, 0.1) is 5.92 Å². The zero-order valence-corrected chi connectivity index (χ0v) is 16.8. The molecule has 2 N–H and O–H groups in total. The number of hydrogen-bond acceptors (Lipinski definition) is 4. The van der Waals surface area contributed by atoms with Crippen molar-refractivity contribution in [2.45, 2.75) is 46.6 Å². The standard InChI is InChI=1S/C15H31N3O3.HI/c1-12(2)11-20-10-6-8-17-15(16-5)18-9-7-14(19)21-13(3)4;/h12-13H,6-11H2,1-5H3,(H2,16,17,18);1H. The Morgan fingerprint density at radius 3 is 2.32 bits per heavy atom. The second-order valence-electron chi connectivity index (χ2n) is 5.54. The molecule has 0 saturated carbocycles. The van der Waals surface area contributed by atoms with Crippen molar-refractivity contribution in [1.82, 2.24) is 10.6 Å². The van der Waals surface area contributed by atoms with Crippen LogP contribution in [0.1, 0.15) is 40.5 Å². The van der Waals surface area contributed by atoms with Crippen LogP contribution in [-0.2, 0) is 14.3 Å². The molecular weight excluding hydrogens is 397 g/mol. The molecule has 132 valence electrons. The molecule has 0 aromatic heterocycles. The second kappa shape index (κ2) is 15.3. The zero-order valence-electron chi connectivity index (χ0n) is 14.5. The minimum atomic E-state index is -0.199. The molecule has 0 bridgehead atoms. The predicted octanol–water partition coefficient (Wildman–Crippen LogP) is 2.17. The molecule has 0 rings (SSSR count). The topological polar surface area (TPSA) is 72.0 Å². The van der Waals surface area contributed by atoms with E-state index in [0.29, 0.717) is 24.8 Å². The van der Waals surface area contributed by atoms with Crippen molar-refractivity contribution in [3.05, 3.63) is 0 Å². The van der Waals surface area contributed by atoms with Crippen LogP contribution in [0.15, 0.2) is 4.99 Å². The van der Waals surface area contributed by atoms with Gasteiger partial charge in [-0.1, -0.05) is 13.8 Å². The van der Waals surface area contributed by atoms with E-state index in [4.69, 9.17) is 9.47 Å². The highest BCUT2D eigenvalue weighted by Crippen LogP contribution is 1.93. The van der Waals surface area contributed by atoms with Crippen LogP contribution in [0.5, 0.6) is 0 Å². The molecule has 0 atom stereocenters. The van der Waals surface area contributed by atoms with Gasteiger partial charge < -0.3 is 20.1 Å². The van der Waals surface area contributed by atoms with Gasteiger partial charge in [-0.3, -0.25) is 9.79 Å². The molecule has 22 heavy (non-hydrogen) atoms. The third kappa shape index (κ3) is 15.8. The summed E-state index contributed by atoms with van der Waals surface area (Å²) in [6.07, 6.45) is 1.18. The van der Waals surface area contributed by atoms with Crippen LogP contribution in [0.2, 0.25) is 0 Å².